The Bertz CT molecular complexity index is 1190. The van der Waals surface area contributed by atoms with Crippen molar-refractivity contribution in [1.82, 2.24) is 10.2 Å². The maximum atomic E-state index is 13.2. The minimum absolute atomic E-state index is 0.111. The summed E-state index contributed by atoms with van der Waals surface area (Å²) < 4.78 is 19.3. The van der Waals surface area contributed by atoms with Crippen LogP contribution in [0, 0.1) is 12.7 Å². The fourth-order valence-electron chi connectivity index (χ4n) is 4.32. The number of nitrogens with zero attached hydrogens (tertiary/aromatic N) is 1. The van der Waals surface area contributed by atoms with Gasteiger partial charge in [-0.3, -0.25) is 9.69 Å². The summed E-state index contributed by atoms with van der Waals surface area (Å²) in [5.74, 6) is 0.299. The van der Waals surface area contributed by atoms with Gasteiger partial charge in [0.05, 0.1) is 5.56 Å². The molecule has 2 aliphatic heterocycles. The van der Waals surface area contributed by atoms with Gasteiger partial charge in [0.15, 0.2) is 6.23 Å². The van der Waals surface area contributed by atoms with Gasteiger partial charge in [-0.1, -0.05) is 48.0 Å². The molecule has 0 saturated heterocycles. The minimum Gasteiger partial charge on any atom is -0.466 e. The van der Waals surface area contributed by atoms with Crippen LogP contribution in [0.15, 0.2) is 72.8 Å². The largest absolute Gasteiger partial charge is 0.466 e. The van der Waals surface area contributed by atoms with Crippen molar-refractivity contribution in [1.29, 1.82) is 0 Å². The van der Waals surface area contributed by atoms with Crippen molar-refractivity contribution in [2.45, 2.75) is 26.1 Å². The summed E-state index contributed by atoms with van der Waals surface area (Å²) in [6, 6.07) is 20.6. The number of fused-ring (bicyclic) bond motifs is 1. The number of nitrogens with one attached hydrogen (secondary N) is 1. The first kappa shape index (κ1) is 20.5. The van der Waals surface area contributed by atoms with Crippen molar-refractivity contribution in [3.8, 4) is 5.75 Å². The van der Waals surface area contributed by atoms with E-state index in [0.717, 1.165) is 42.7 Å². The van der Waals surface area contributed by atoms with Crippen LogP contribution >= 0.6 is 0 Å². The Kier molecular flexibility index (Phi) is 5.50. The number of carbonyl (C=O) groups excluding carboxylic acids is 1. The van der Waals surface area contributed by atoms with Gasteiger partial charge in [0.2, 0.25) is 0 Å². The number of benzene rings is 3. The molecule has 0 aromatic heterocycles. The van der Waals surface area contributed by atoms with E-state index in [4.69, 9.17) is 4.74 Å². The summed E-state index contributed by atoms with van der Waals surface area (Å²) in [6.45, 7) is 4.57. The first-order chi connectivity index (χ1) is 15.5. The van der Waals surface area contributed by atoms with E-state index in [9.17, 15) is 9.18 Å². The van der Waals surface area contributed by atoms with Crippen molar-refractivity contribution >= 4 is 11.5 Å². The third-order valence-corrected chi connectivity index (χ3v) is 6.05. The summed E-state index contributed by atoms with van der Waals surface area (Å²) in [7, 11) is 0. The lowest BCUT2D eigenvalue weighted by atomic mass is 9.99. The molecule has 2 aliphatic rings. The Labute approximate surface area is 187 Å². The average Bonchev–Trinajstić information content (AvgIpc) is 2.81. The number of hydrogen-bond donors (Lipinski definition) is 1. The van der Waals surface area contributed by atoms with Crippen LogP contribution in [0.2, 0.25) is 0 Å². The zero-order valence-corrected chi connectivity index (χ0v) is 18.0. The number of hydrogen-bond acceptors (Lipinski definition) is 3. The van der Waals surface area contributed by atoms with Crippen LogP contribution in [0.5, 0.6) is 5.75 Å². The summed E-state index contributed by atoms with van der Waals surface area (Å²) in [4.78, 5) is 14.9. The predicted molar refractivity (Wildman–Crippen MR) is 123 cm³/mol. The molecule has 32 heavy (non-hydrogen) atoms. The molecule has 3 aromatic rings. The number of aryl methyl sites for hydroxylation is 1. The van der Waals surface area contributed by atoms with Crippen molar-refractivity contribution < 1.29 is 13.9 Å². The fourth-order valence-corrected chi connectivity index (χ4v) is 4.32. The zero-order valence-electron chi connectivity index (χ0n) is 18.0. The van der Waals surface area contributed by atoms with E-state index in [1.165, 1.54) is 23.3 Å². The smallest absolute Gasteiger partial charge is 0.258 e. The number of amides is 1. The van der Waals surface area contributed by atoms with E-state index in [1.54, 1.807) is 0 Å². The van der Waals surface area contributed by atoms with E-state index < -0.39 is 6.23 Å². The van der Waals surface area contributed by atoms with Gasteiger partial charge < -0.3 is 10.1 Å². The van der Waals surface area contributed by atoms with Crippen LogP contribution in [-0.2, 0) is 6.54 Å². The van der Waals surface area contributed by atoms with Crippen molar-refractivity contribution in [3.63, 3.8) is 0 Å². The van der Waals surface area contributed by atoms with E-state index in [2.05, 4.69) is 28.4 Å². The molecule has 1 amide bonds. The zero-order chi connectivity index (χ0) is 22.1. The molecule has 5 heteroatoms. The molecule has 1 unspecified atom stereocenters. The van der Waals surface area contributed by atoms with E-state index in [1.807, 2.05) is 49.4 Å². The molecule has 5 rings (SSSR count). The van der Waals surface area contributed by atoms with Crippen LogP contribution in [-0.4, -0.2) is 23.9 Å². The monoisotopic (exact) mass is 428 g/mol. The highest BCUT2D eigenvalue weighted by Crippen LogP contribution is 2.30. The van der Waals surface area contributed by atoms with Crippen molar-refractivity contribution in [3.05, 3.63) is 106 Å². The fraction of sp³-hybridized carbons (Fsp3) is 0.222. The quantitative estimate of drug-likeness (QED) is 0.618. The standard InChI is InChI=1S/C27H25FN2O2/c1-18-5-10-25-24(15-18)26(31)29-27(32-25)22-4-2-3-19(16-22)17-30-13-11-21(12-14-30)20-6-8-23(28)9-7-20/h2-11,15-16,27H,12-14,17H2,1H3,(H,29,31). The molecule has 1 N–H and O–H groups in total. The SMILES string of the molecule is Cc1ccc2c(c1)C(=O)NC(c1cccc(CN3CC=C(c4ccc(F)cc4)CC3)c1)O2. The number of rotatable bonds is 4. The van der Waals surface area contributed by atoms with E-state index in [0.29, 0.717) is 11.3 Å². The first-order valence-electron chi connectivity index (χ1n) is 10.9. The van der Waals surface area contributed by atoms with E-state index in [-0.39, 0.29) is 11.7 Å². The second-order valence-corrected chi connectivity index (χ2v) is 8.44. The second kappa shape index (κ2) is 8.60. The first-order valence-corrected chi connectivity index (χ1v) is 10.9. The summed E-state index contributed by atoms with van der Waals surface area (Å²) in [6.07, 6.45) is 2.66. The highest BCUT2D eigenvalue weighted by atomic mass is 19.1. The average molecular weight is 429 g/mol. The molecule has 2 heterocycles. The topological polar surface area (TPSA) is 41.6 Å². The molecule has 0 aliphatic carbocycles. The van der Waals surface area contributed by atoms with Gasteiger partial charge in [0.25, 0.3) is 5.91 Å². The maximum Gasteiger partial charge on any atom is 0.258 e. The second-order valence-electron chi connectivity index (χ2n) is 8.44. The molecular weight excluding hydrogens is 403 g/mol. The van der Waals surface area contributed by atoms with Gasteiger partial charge in [-0.2, -0.15) is 0 Å². The molecule has 0 spiro atoms. The lowest BCUT2D eigenvalue weighted by molar-refractivity contribution is 0.0756. The third-order valence-electron chi connectivity index (χ3n) is 6.05. The highest BCUT2D eigenvalue weighted by Gasteiger charge is 2.27. The number of ether oxygens (including phenoxy) is 1. The molecule has 3 aromatic carbocycles. The molecule has 162 valence electrons. The van der Waals surface area contributed by atoms with E-state index >= 15 is 0 Å². The van der Waals surface area contributed by atoms with Gasteiger partial charge in [-0.25, -0.2) is 4.39 Å². The molecular formula is C27H25FN2O2. The van der Waals surface area contributed by atoms with Crippen LogP contribution in [0.4, 0.5) is 4.39 Å². The van der Waals surface area contributed by atoms with Crippen LogP contribution in [0.3, 0.4) is 0 Å². The summed E-state index contributed by atoms with van der Waals surface area (Å²) >= 11 is 0. The molecule has 0 bridgehead atoms. The Morgan fingerprint density at radius 3 is 2.72 bits per heavy atom. The van der Waals surface area contributed by atoms with Crippen molar-refractivity contribution in [2.75, 3.05) is 13.1 Å². The lowest BCUT2D eigenvalue weighted by Crippen LogP contribution is -2.37. The van der Waals surface area contributed by atoms with Gasteiger partial charge in [0.1, 0.15) is 11.6 Å². The maximum absolute atomic E-state index is 13.2. The Hall–Kier alpha value is -3.44. The molecule has 4 nitrogen and oxygen atoms in total. The summed E-state index contributed by atoms with van der Waals surface area (Å²) in [5.41, 5.74) is 6.07. The van der Waals surface area contributed by atoms with Gasteiger partial charge >= 0.3 is 0 Å². The van der Waals surface area contributed by atoms with Gasteiger partial charge in [-0.15, -0.1) is 0 Å². The molecule has 0 saturated carbocycles. The molecule has 0 radical (unpaired) electrons. The predicted octanol–water partition coefficient (Wildman–Crippen LogP) is 5.24. The van der Waals surface area contributed by atoms with Crippen LogP contribution in [0.1, 0.15) is 45.3 Å². The number of carbonyl (C=O) groups is 1. The lowest BCUT2D eigenvalue weighted by Gasteiger charge is -2.29. The Balaban J connectivity index is 1.27. The highest BCUT2D eigenvalue weighted by molar-refractivity contribution is 5.98. The van der Waals surface area contributed by atoms with Gasteiger partial charge in [-0.05, 0) is 60.4 Å². The molecule has 1 atom stereocenters. The number of halogens is 1. The van der Waals surface area contributed by atoms with Crippen LogP contribution < -0.4 is 10.1 Å². The normalized spacial score (nSPS) is 18.4. The molecule has 0 fully saturated rings. The Morgan fingerprint density at radius 1 is 1.09 bits per heavy atom. The summed E-state index contributed by atoms with van der Waals surface area (Å²) in [5, 5.41) is 2.96. The Morgan fingerprint density at radius 2 is 1.94 bits per heavy atom. The third kappa shape index (κ3) is 4.30. The van der Waals surface area contributed by atoms with Gasteiger partial charge in [0, 0.05) is 25.2 Å². The van der Waals surface area contributed by atoms with Crippen molar-refractivity contribution in [2.24, 2.45) is 0 Å². The minimum atomic E-state index is -0.496. The van der Waals surface area contributed by atoms with Crippen LogP contribution in [0.25, 0.3) is 5.57 Å².